The summed E-state index contributed by atoms with van der Waals surface area (Å²) in [6.45, 7) is 4.40. The quantitative estimate of drug-likeness (QED) is 0.630. The highest BCUT2D eigenvalue weighted by atomic mass is 19.1. The molecule has 4 rings (SSSR count). The van der Waals surface area contributed by atoms with Gasteiger partial charge in [-0.25, -0.2) is 4.39 Å². The molecule has 0 aromatic heterocycles. The van der Waals surface area contributed by atoms with Crippen molar-refractivity contribution in [3.8, 4) is 0 Å². The monoisotopic (exact) mass is 348 g/mol. The second kappa shape index (κ2) is 6.26. The number of carbonyl (C=O) groups is 2. The Hall–Kier alpha value is -3.21. The molecule has 2 aliphatic heterocycles. The zero-order chi connectivity index (χ0) is 18.3. The van der Waals surface area contributed by atoms with Crippen molar-refractivity contribution in [1.29, 1.82) is 0 Å². The van der Waals surface area contributed by atoms with Gasteiger partial charge in [-0.1, -0.05) is 36.4 Å². The molecule has 2 amide bonds. The molecule has 0 radical (unpaired) electrons. The molecule has 5 heteroatoms. The van der Waals surface area contributed by atoms with Gasteiger partial charge in [-0.15, -0.1) is 6.58 Å². The highest BCUT2D eigenvalue weighted by Gasteiger charge is 2.42. The number of fused-ring (bicyclic) bond motifs is 1. The van der Waals surface area contributed by atoms with Crippen molar-refractivity contribution in [2.45, 2.75) is 6.42 Å². The Morgan fingerprint density at radius 2 is 1.77 bits per heavy atom. The molecule has 0 N–H and O–H groups in total. The van der Waals surface area contributed by atoms with Crippen molar-refractivity contribution in [2.24, 2.45) is 0 Å². The van der Waals surface area contributed by atoms with Gasteiger partial charge in [0.15, 0.2) is 0 Å². The van der Waals surface area contributed by atoms with Gasteiger partial charge in [-0.2, -0.15) is 0 Å². The Kier molecular flexibility index (Phi) is 3.92. The van der Waals surface area contributed by atoms with Crippen LogP contribution in [0, 0.1) is 5.82 Å². The summed E-state index contributed by atoms with van der Waals surface area (Å²) in [5.41, 5.74) is 3.28. The lowest BCUT2D eigenvalue weighted by atomic mass is 10.0. The highest BCUT2D eigenvalue weighted by Crippen LogP contribution is 2.38. The second-order valence-electron chi connectivity index (χ2n) is 6.27. The van der Waals surface area contributed by atoms with Crippen LogP contribution in [0.15, 0.2) is 66.9 Å². The number of carbonyl (C=O) groups excluding carboxylic acids is 2. The van der Waals surface area contributed by atoms with E-state index < -0.39 is 0 Å². The minimum Gasteiger partial charge on any atom is -0.336 e. The topological polar surface area (TPSA) is 40.6 Å². The van der Waals surface area contributed by atoms with Crippen LogP contribution in [-0.4, -0.2) is 29.8 Å². The van der Waals surface area contributed by atoms with Crippen molar-refractivity contribution in [2.75, 3.05) is 18.0 Å². The van der Waals surface area contributed by atoms with Crippen molar-refractivity contribution < 1.29 is 14.0 Å². The van der Waals surface area contributed by atoms with E-state index in [4.69, 9.17) is 0 Å². The van der Waals surface area contributed by atoms with Crippen molar-refractivity contribution in [1.82, 2.24) is 4.90 Å². The van der Waals surface area contributed by atoms with E-state index in [1.807, 2.05) is 29.2 Å². The fraction of sp³-hybridized carbons (Fsp3) is 0.143. The average Bonchev–Trinajstić information content (AvgIpc) is 3.17. The Labute approximate surface area is 150 Å². The number of para-hydroxylation sites is 1. The lowest BCUT2D eigenvalue weighted by Gasteiger charge is -2.21. The predicted molar refractivity (Wildman–Crippen MR) is 97.7 cm³/mol. The number of benzene rings is 2. The predicted octanol–water partition coefficient (Wildman–Crippen LogP) is 3.15. The van der Waals surface area contributed by atoms with Gasteiger partial charge in [0.2, 0.25) is 0 Å². The highest BCUT2D eigenvalue weighted by molar-refractivity contribution is 6.36. The molecule has 0 spiro atoms. The summed E-state index contributed by atoms with van der Waals surface area (Å²) >= 11 is 0. The van der Waals surface area contributed by atoms with E-state index >= 15 is 0 Å². The third-order valence-corrected chi connectivity index (χ3v) is 4.75. The van der Waals surface area contributed by atoms with Crippen molar-refractivity contribution in [3.05, 3.63) is 83.8 Å². The molecule has 0 saturated carbocycles. The Morgan fingerprint density at radius 3 is 2.50 bits per heavy atom. The van der Waals surface area contributed by atoms with Gasteiger partial charge in [0.05, 0.1) is 5.57 Å². The first kappa shape index (κ1) is 16.3. The number of rotatable bonds is 4. The number of nitrogens with zero attached hydrogens (tertiary/aromatic N) is 2. The first-order valence-electron chi connectivity index (χ1n) is 8.44. The molecular weight excluding hydrogens is 331 g/mol. The summed E-state index contributed by atoms with van der Waals surface area (Å²) in [6.07, 6.45) is 2.33. The molecule has 0 saturated heterocycles. The van der Waals surface area contributed by atoms with Crippen LogP contribution in [0.2, 0.25) is 0 Å². The molecule has 0 bridgehead atoms. The smallest absolute Gasteiger partial charge is 0.278 e. The fourth-order valence-electron chi connectivity index (χ4n) is 3.56. The van der Waals surface area contributed by atoms with Crippen LogP contribution in [0.3, 0.4) is 0 Å². The molecule has 130 valence electrons. The van der Waals surface area contributed by atoms with Gasteiger partial charge in [0.1, 0.15) is 11.5 Å². The molecule has 4 nitrogen and oxygen atoms in total. The first-order chi connectivity index (χ1) is 12.6. The van der Waals surface area contributed by atoms with E-state index in [1.54, 1.807) is 0 Å². The molecule has 0 fully saturated rings. The van der Waals surface area contributed by atoms with E-state index in [1.165, 1.54) is 35.2 Å². The molecular formula is C21H17FN2O2. The Balaban J connectivity index is 1.88. The van der Waals surface area contributed by atoms with Gasteiger partial charge in [0, 0.05) is 18.8 Å². The zero-order valence-electron chi connectivity index (χ0n) is 14.1. The van der Waals surface area contributed by atoms with E-state index in [9.17, 15) is 14.0 Å². The van der Waals surface area contributed by atoms with Crippen LogP contribution >= 0.6 is 0 Å². The summed E-state index contributed by atoms with van der Waals surface area (Å²) in [5.74, 6) is -1.10. The van der Waals surface area contributed by atoms with Gasteiger partial charge < -0.3 is 4.90 Å². The molecule has 2 aromatic carbocycles. The van der Waals surface area contributed by atoms with Gasteiger partial charge in [-0.05, 0) is 35.7 Å². The van der Waals surface area contributed by atoms with Crippen LogP contribution in [-0.2, 0) is 16.0 Å². The second-order valence-corrected chi connectivity index (χ2v) is 6.27. The van der Waals surface area contributed by atoms with Gasteiger partial charge in [-0.3, -0.25) is 14.5 Å². The SMILES string of the molecule is C=CCN1C(=O)C(c2ccc(F)cc2)=C(N2CCc3ccccc32)C1=O. The molecule has 0 atom stereocenters. The van der Waals surface area contributed by atoms with Gasteiger partial charge in [0.25, 0.3) is 11.8 Å². The molecule has 26 heavy (non-hydrogen) atoms. The van der Waals surface area contributed by atoms with Crippen molar-refractivity contribution >= 4 is 23.1 Å². The lowest BCUT2D eigenvalue weighted by molar-refractivity contribution is -0.136. The minimum absolute atomic E-state index is 0.140. The van der Waals surface area contributed by atoms with E-state index in [0.29, 0.717) is 23.4 Å². The number of hydrogen-bond acceptors (Lipinski definition) is 3. The number of amides is 2. The van der Waals surface area contributed by atoms with Crippen LogP contribution < -0.4 is 4.90 Å². The van der Waals surface area contributed by atoms with Crippen LogP contribution in [0.25, 0.3) is 5.57 Å². The average molecular weight is 348 g/mol. The van der Waals surface area contributed by atoms with E-state index in [2.05, 4.69) is 6.58 Å². The zero-order valence-corrected chi connectivity index (χ0v) is 14.1. The van der Waals surface area contributed by atoms with Gasteiger partial charge >= 0.3 is 0 Å². The summed E-state index contributed by atoms with van der Waals surface area (Å²) in [7, 11) is 0. The summed E-state index contributed by atoms with van der Waals surface area (Å²) in [5, 5.41) is 0. The molecule has 2 aliphatic rings. The number of imide groups is 1. The molecule has 2 aromatic rings. The first-order valence-corrected chi connectivity index (χ1v) is 8.44. The Bertz CT molecular complexity index is 947. The Morgan fingerprint density at radius 1 is 1.04 bits per heavy atom. The molecule has 2 heterocycles. The summed E-state index contributed by atoms with van der Waals surface area (Å²) in [4.78, 5) is 29.1. The minimum atomic E-state index is -0.387. The number of halogens is 1. The van der Waals surface area contributed by atoms with Crippen LogP contribution in [0.1, 0.15) is 11.1 Å². The maximum atomic E-state index is 13.3. The normalized spacial score (nSPS) is 16.5. The third kappa shape index (κ3) is 2.44. The summed E-state index contributed by atoms with van der Waals surface area (Å²) in [6, 6.07) is 13.5. The maximum Gasteiger partial charge on any atom is 0.278 e. The standard InChI is InChI=1S/C21H17FN2O2/c1-2-12-24-20(25)18(15-7-9-16(22)10-8-15)19(21(24)26)23-13-11-14-5-3-4-6-17(14)23/h2-10H,1,11-13H2. The van der Waals surface area contributed by atoms with Crippen LogP contribution in [0.5, 0.6) is 0 Å². The largest absolute Gasteiger partial charge is 0.336 e. The van der Waals surface area contributed by atoms with Crippen molar-refractivity contribution in [3.63, 3.8) is 0 Å². The third-order valence-electron chi connectivity index (χ3n) is 4.75. The fourth-order valence-corrected chi connectivity index (χ4v) is 3.56. The van der Waals surface area contributed by atoms with Crippen LogP contribution in [0.4, 0.5) is 10.1 Å². The number of hydrogen-bond donors (Lipinski definition) is 0. The maximum absolute atomic E-state index is 13.3. The van der Waals surface area contributed by atoms with E-state index in [-0.39, 0.29) is 24.2 Å². The van der Waals surface area contributed by atoms with E-state index in [0.717, 1.165) is 17.7 Å². The molecule has 0 unspecified atom stereocenters. The molecule has 0 aliphatic carbocycles. The lowest BCUT2D eigenvalue weighted by Crippen LogP contribution is -2.34. The number of anilines is 1. The summed E-state index contributed by atoms with van der Waals surface area (Å²) < 4.78 is 13.3.